The lowest BCUT2D eigenvalue weighted by Crippen LogP contribution is -2.08. The molecule has 0 aliphatic carbocycles. The van der Waals surface area contributed by atoms with E-state index in [9.17, 15) is 9.59 Å². The van der Waals surface area contributed by atoms with Crippen LogP contribution in [0.2, 0.25) is 10.0 Å². The van der Waals surface area contributed by atoms with Crippen LogP contribution in [-0.4, -0.2) is 0 Å². The lowest BCUT2D eigenvalue weighted by atomic mass is 10.0. The average Bonchev–Trinajstić information content (AvgIpc) is 2.64. The largest absolute Gasteiger partial charge is 0.455 e. The molecule has 2 heterocycles. The molecule has 5 rings (SSSR count). The second-order valence-electron chi connectivity index (χ2n) is 6.34. The highest BCUT2D eigenvalue weighted by Gasteiger charge is 2.19. The molecule has 0 unspecified atom stereocenters. The van der Waals surface area contributed by atoms with Crippen molar-refractivity contribution in [2.24, 2.45) is 0 Å². The Bertz CT molecular complexity index is 1430. The highest BCUT2D eigenvalue weighted by molar-refractivity contribution is 6.36. The van der Waals surface area contributed by atoms with Gasteiger partial charge in [-0.3, -0.25) is 9.59 Å². The quantitative estimate of drug-likeness (QED) is 0.309. The van der Waals surface area contributed by atoms with Crippen LogP contribution in [0, 0.1) is 6.92 Å². The van der Waals surface area contributed by atoms with Crippen molar-refractivity contribution in [1.82, 2.24) is 0 Å². The summed E-state index contributed by atoms with van der Waals surface area (Å²) < 4.78 is 11.9. The van der Waals surface area contributed by atoms with Crippen molar-refractivity contribution in [3.8, 4) is 0 Å². The van der Waals surface area contributed by atoms with E-state index in [4.69, 9.17) is 32.0 Å². The first-order valence-electron chi connectivity index (χ1n) is 8.17. The molecule has 27 heavy (non-hydrogen) atoms. The fourth-order valence-corrected chi connectivity index (χ4v) is 4.00. The molecule has 6 heteroatoms. The Morgan fingerprint density at radius 2 is 1.19 bits per heavy atom. The smallest absolute Gasteiger partial charge is 0.202 e. The number of aryl methyl sites for hydroxylation is 1. The summed E-state index contributed by atoms with van der Waals surface area (Å²) in [7, 11) is 0. The van der Waals surface area contributed by atoms with Gasteiger partial charge in [0.25, 0.3) is 0 Å². The van der Waals surface area contributed by atoms with Gasteiger partial charge in [-0.05, 0) is 37.3 Å². The molecule has 0 saturated heterocycles. The molecule has 0 aliphatic rings. The van der Waals surface area contributed by atoms with Crippen LogP contribution in [0.15, 0.2) is 60.9 Å². The van der Waals surface area contributed by atoms with E-state index in [0.29, 0.717) is 37.9 Å². The SMILES string of the molecule is Cc1c2oc3cccc(Cl)c3c(=O)c2cc2c(=O)c3c(Cl)cccc3oc12. The van der Waals surface area contributed by atoms with Crippen LogP contribution in [0.5, 0.6) is 0 Å². The van der Waals surface area contributed by atoms with Gasteiger partial charge in [0.2, 0.25) is 10.9 Å². The summed E-state index contributed by atoms with van der Waals surface area (Å²) in [6, 6.07) is 11.5. The van der Waals surface area contributed by atoms with Gasteiger partial charge in [0, 0.05) is 5.56 Å². The van der Waals surface area contributed by atoms with Gasteiger partial charge in [0.15, 0.2) is 0 Å². The summed E-state index contributed by atoms with van der Waals surface area (Å²) in [5, 5.41) is 1.73. The van der Waals surface area contributed by atoms with Crippen molar-refractivity contribution >= 4 is 67.1 Å². The monoisotopic (exact) mass is 396 g/mol. The van der Waals surface area contributed by atoms with Crippen LogP contribution in [0.3, 0.4) is 0 Å². The van der Waals surface area contributed by atoms with Crippen molar-refractivity contribution < 1.29 is 8.83 Å². The predicted octanol–water partition coefficient (Wildman–Crippen LogP) is 5.82. The highest BCUT2D eigenvalue weighted by atomic mass is 35.5. The third kappa shape index (κ3) is 2.17. The van der Waals surface area contributed by atoms with Crippen molar-refractivity contribution in [2.75, 3.05) is 0 Å². The summed E-state index contributed by atoms with van der Waals surface area (Å²) in [4.78, 5) is 26.1. The fraction of sp³-hybridized carbons (Fsp3) is 0.0476. The van der Waals surface area contributed by atoms with E-state index < -0.39 is 0 Å². The number of fused-ring (bicyclic) bond motifs is 4. The summed E-state index contributed by atoms with van der Waals surface area (Å²) in [5.41, 5.74) is 1.49. The van der Waals surface area contributed by atoms with Gasteiger partial charge in [0.05, 0.1) is 31.6 Å². The van der Waals surface area contributed by atoms with Crippen LogP contribution < -0.4 is 10.9 Å². The van der Waals surface area contributed by atoms with Gasteiger partial charge in [-0.2, -0.15) is 0 Å². The molecule has 0 amide bonds. The summed E-state index contributed by atoms with van der Waals surface area (Å²) in [5.74, 6) is 0. The van der Waals surface area contributed by atoms with E-state index in [1.54, 1.807) is 43.3 Å². The van der Waals surface area contributed by atoms with E-state index in [1.165, 1.54) is 6.07 Å². The molecule has 3 aromatic carbocycles. The Hall–Kier alpha value is -2.82. The summed E-state index contributed by atoms with van der Waals surface area (Å²) in [6.45, 7) is 1.75. The van der Waals surface area contributed by atoms with Crippen molar-refractivity contribution in [3.63, 3.8) is 0 Å². The van der Waals surface area contributed by atoms with E-state index in [0.717, 1.165) is 0 Å². The van der Waals surface area contributed by atoms with E-state index in [1.807, 2.05) is 0 Å². The third-order valence-electron chi connectivity index (χ3n) is 4.78. The number of hydrogen-bond donors (Lipinski definition) is 0. The van der Waals surface area contributed by atoms with Crippen LogP contribution in [0.4, 0.5) is 0 Å². The molecule has 0 aliphatic heterocycles. The van der Waals surface area contributed by atoms with Crippen molar-refractivity contribution in [2.45, 2.75) is 6.92 Å². The molecule has 5 aromatic rings. The molecule has 2 aromatic heterocycles. The van der Waals surface area contributed by atoms with Crippen molar-refractivity contribution in [1.29, 1.82) is 0 Å². The van der Waals surface area contributed by atoms with Gasteiger partial charge in [-0.15, -0.1) is 0 Å². The van der Waals surface area contributed by atoms with Crippen LogP contribution in [-0.2, 0) is 0 Å². The van der Waals surface area contributed by atoms with Crippen molar-refractivity contribution in [3.05, 3.63) is 78.5 Å². The summed E-state index contributed by atoms with van der Waals surface area (Å²) in [6.07, 6.45) is 0. The van der Waals surface area contributed by atoms with Gasteiger partial charge in [-0.1, -0.05) is 35.3 Å². The fourth-order valence-electron chi connectivity index (χ4n) is 3.49. The summed E-state index contributed by atoms with van der Waals surface area (Å²) >= 11 is 12.4. The molecule has 0 radical (unpaired) electrons. The number of halogens is 2. The molecule has 132 valence electrons. The molecule has 0 atom stereocenters. The van der Waals surface area contributed by atoms with Gasteiger partial charge < -0.3 is 8.83 Å². The van der Waals surface area contributed by atoms with Crippen LogP contribution in [0.25, 0.3) is 43.9 Å². The maximum absolute atomic E-state index is 13.0. The lowest BCUT2D eigenvalue weighted by Gasteiger charge is -2.09. The lowest BCUT2D eigenvalue weighted by molar-refractivity contribution is 0.641. The maximum atomic E-state index is 13.0. The first kappa shape index (κ1) is 16.4. The average molecular weight is 397 g/mol. The number of benzene rings is 3. The van der Waals surface area contributed by atoms with E-state index >= 15 is 0 Å². The van der Waals surface area contributed by atoms with Crippen LogP contribution >= 0.6 is 23.2 Å². The van der Waals surface area contributed by atoms with E-state index in [2.05, 4.69) is 0 Å². The first-order chi connectivity index (χ1) is 13.0. The Balaban J connectivity index is 2.10. The van der Waals surface area contributed by atoms with Gasteiger partial charge in [-0.25, -0.2) is 0 Å². The second kappa shape index (κ2) is 5.59. The Kier molecular flexibility index (Phi) is 3.39. The molecule has 0 fully saturated rings. The minimum absolute atomic E-state index is 0.277. The first-order valence-corrected chi connectivity index (χ1v) is 8.92. The highest BCUT2D eigenvalue weighted by Crippen LogP contribution is 2.32. The zero-order valence-corrected chi connectivity index (χ0v) is 15.4. The van der Waals surface area contributed by atoms with E-state index in [-0.39, 0.29) is 32.4 Å². The van der Waals surface area contributed by atoms with Crippen LogP contribution in [0.1, 0.15) is 5.56 Å². The zero-order chi connectivity index (χ0) is 18.9. The standard InChI is InChI=1S/C21H10Cl2O4/c1-9-20-10(18(24)16-12(22)4-2-6-14(16)26-20)8-11-19(25)17-13(23)5-3-7-15(17)27-21(9)11/h2-8H,1H3. The topological polar surface area (TPSA) is 60.4 Å². The molecule has 0 spiro atoms. The minimum Gasteiger partial charge on any atom is -0.455 e. The number of hydrogen-bond acceptors (Lipinski definition) is 4. The normalized spacial score (nSPS) is 11.8. The molecule has 0 bridgehead atoms. The molecule has 4 nitrogen and oxygen atoms in total. The Labute approximate surface area is 161 Å². The second-order valence-corrected chi connectivity index (χ2v) is 7.16. The molecular formula is C21H10Cl2O4. The molecule has 0 N–H and O–H groups in total. The number of rotatable bonds is 0. The van der Waals surface area contributed by atoms with Gasteiger partial charge in [0.1, 0.15) is 22.3 Å². The minimum atomic E-state index is -0.291. The molecule has 0 saturated carbocycles. The van der Waals surface area contributed by atoms with Gasteiger partial charge >= 0.3 is 0 Å². The maximum Gasteiger partial charge on any atom is 0.202 e. The molecular weight excluding hydrogens is 387 g/mol. The Morgan fingerprint density at radius 3 is 1.63 bits per heavy atom. The zero-order valence-electron chi connectivity index (χ0n) is 13.9. The Morgan fingerprint density at radius 1 is 0.741 bits per heavy atom. The predicted molar refractivity (Wildman–Crippen MR) is 108 cm³/mol. The third-order valence-corrected chi connectivity index (χ3v) is 5.41.